The maximum atomic E-state index is 11.9. The highest BCUT2D eigenvalue weighted by atomic mass is 32.2. The molecule has 5 nitrogen and oxygen atoms in total. The smallest absolute Gasteiger partial charge is 0.240 e. The third-order valence-electron chi connectivity index (χ3n) is 2.73. The van der Waals surface area contributed by atoms with E-state index in [9.17, 15) is 8.42 Å². The summed E-state index contributed by atoms with van der Waals surface area (Å²) in [4.78, 5) is 0.289. The van der Waals surface area contributed by atoms with Crippen LogP contribution in [0.1, 0.15) is 27.2 Å². The molecule has 0 bridgehead atoms. The van der Waals surface area contributed by atoms with E-state index in [-0.39, 0.29) is 4.90 Å². The standard InChI is InChI=1S/C15H26N2O3S/c1-4-9-17-21(18,19)15-7-5-14(6-8-15)16-10-11-20-12-13(2)3/h5-8,13,16-17H,4,9-12H2,1-3H3. The van der Waals surface area contributed by atoms with E-state index < -0.39 is 10.0 Å². The number of anilines is 1. The van der Waals surface area contributed by atoms with E-state index in [1.54, 1.807) is 24.3 Å². The van der Waals surface area contributed by atoms with Crippen LogP contribution in [0.5, 0.6) is 0 Å². The summed E-state index contributed by atoms with van der Waals surface area (Å²) >= 11 is 0. The van der Waals surface area contributed by atoms with Crippen LogP contribution in [-0.4, -0.2) is 34.7 Å². The van der Waals surface area contributed by atoms with Gasteiger partial charge in [0.25, 0.3) is 0 Å². The van der Waals surface area contributed by atoms with Gasteiger partial charge in [-0.05, 0) is 36.6 Å². The fourth-order valence-electron chi connectivity index (χ4n) is 1.66. The van der Waals surface area contributed by atoms with Crippen molar-refractivity contribution in [2.24, 2.45) is 5.92 Å². The minimum Gasteiger partial charge on any atom is -0.383 e. The topological polar surface area (TPSA) is 67.4 Å². The molecule has 21 heavy (non-hydrogen) atoms. The highest BCUT2D eigenvalue weighted by molar-refractivity contribution is 7.89. The van der Waals surface area contributed by atoms with Crippen LogP contribution in [0.25, 0.3) is 0 Å². The van der Waals surface area contributed by atoms with E-state index in [4.69, 9.17) is 4.74 Å². The van der Waals surface area contributed by atoms with Crippen molar-refractivity contribution in [3.8, 4) is 0 Å². The van der Waals surface area contributed by atoms with Gasteiger partial charge in [-0.1, -0.05) is 20.8 Å². The zero-order valence-corrected chi connectivity index (χ0v) is 13.9. The average molecular weight is 314 g/mol. The molecule has 1 aromatic carbocycles. The number of hydrogen-bond acceptors (Lipinski definition) is 4. The highest BCUT2D eigenvalue weighted by Crippen LogP contribution is 2.13. The van der Waals surface area contributed by atoms with E-state index in [2.05, 4.69) is 23.9 Å². The molecule has 6 heteroatoms. The number of rotatable bonds is 10. The first kappa shape index (κ1) is 17.9. The van der Waals surface area contributed by atoms with Crippen molar-refractivity contribution in [1.29, 1.82) is 0 Å². The Kier molecular flexibility index (Phi) is 7.71. The first-order valence-electron chi connectivity index (χ1n) is 7.37. The SMILES string of the molecule is CCCNS(=O)(=O)c1ccc(NCCOCC(C)C)cc1. The zero-order valence-electron chi connectivity index (χ0n) is 13.1. The number of sulfonamides is 1. The minimum absolute atomic E-state index is 0.289. The van der Waals surface area contributed by atoms with Crippen molar-refractivity contribution in [2.45, 2.75) is 32.1 Å². The van der Waals surface area contributed by atoms with Gasteiger partial charge < -0.3 is 10.1 Å². The lowest BCUT2D eigenvalue weighted by atomic mass is 10.2. The second-order valence-corrected chi connectivity index (χ2v) is 7.08. The fourth-order valence-corrected chi connectivity index (χ4v) is 2.79. The van der Waals surface area contributed by atoms with E-state index in [0.29, 0.717) is 25.6 Å². The predicted molar refractivity (Wildman–Crippen MR) is 86.1 cm³/mol. The van der Waals surface area contributed by atoms with Crippen molar-refractivity contribution in [2.75, 3.05) is 31.6 Å². The molecule has 2 N–H and O–H groups in total. The van der Waals surface area contributed by atoms with Crippen LogP contribution in [0.4, 0.5) is 5.69 Å². The van der Waals surface area contributed by atoms with Crippen LogP contribution in [0.3, 0.4) is 0 Å². The largest absolute Gasteiger partial charge is 0.383 e. The minimum atomic E-state index is -3.38. The fraction of sp³-hybridized carbons (Fsp3) is 0.600. The summed E-state index contributed by atoms with van der Waals surface area (Å²) in [7, 11) is -3.38. The highest BCUT2D eigenvalue weighted by Gasteiger charge is 2.12. The summed E-state index contributed by atoms with van der Waals surface area (Å²) in [6, 6.07) is 6.75. The predicted octanol–water partition coefficient (Wildman–Crippen LogP) is 2.46. The molecule has 0 aromatic heterocycles. The van der Waals surface area contributed by atoms with Crippen LogP contribution < -0.4 is 10.0 Å². The Morgan fingerprint density at radius 2 is 1.81 bits per heavy atom. The van der Waals surface area contributed by atoms with Gasteiger partial charge in [0.2, 0.25) is 10.0 Å². The monoisotopic (exact) mass is 314 g/mol. The third-order valence-corrected chi connectivity index (χ3v) is 4.21. The summed E-state index contributed by atoms with van der Waals surface area (Å²) in [5.74, 6) is 0.533. The lowest BCUT2D eigenvalue weighted by Gasteiger charge is -2.10. The van der Waals surface area contributed by atoms with Crippen LogP contribution in [-0.2, 0) is 14.8 Å². The summed E-state index contributed by atoms with van der Waals surface area (Å²) in [5, 5.41) is 3.20. The van der Waals surface area contributed by atoms with E-state index in [1.807, 2.05) is 6.92 Å². The Balaban J connectivity index is 2.43. The summed E-state index contributed by atoms with van der Waals surface area (Å²) in [6.45, 7) is 8.69. The normalized spacial score (nSPS) is 11.8. The molecule has 1 rings (SSSR count). The molecule has 0 amide bonds. The van der Waals surface area contributed by atoms with Gasteiger partial charge in [-0.25, -0.2) is 13.1 Å². The van der Waals surface area contributed by atoms with Crippen molar-refractivity contribution in [3.63, 3.8) is 0 Å². The number of benzene rings is 1. The van der Waals surface area contributed by atoms with Gasteiger partial charge in [-0.2, -0.15) is 0 Å². The van der Waals surface area contributed by atoms with E-state index >= 15 is 0 Å². The van der Waals surface area contributed by atoms with Gasteiger partial charge in [0.1, 0.15) is 0 Å². The maximum absolute atomic E-state index is 11.9. The number of hydrogen-bond donors (Lipinski definition) is 2. The molecule has 0 heterocycles. The van der Waals surface area contributed by atoms with Crippen LogP contribution in [0, 0.1) is 5.92 Å². The summed E-state index contributed by atoms with van der Waals surface area (Å²) in [5.41, 5.74) is 0.887. The van der Waals surface area contributed by atoms with Gasteiger partial charge >= 0.3 is 0 Å². The van der Waals surface area contributed by atoms with Gasteiger partial charge in [0.15, 0.2) is 0 Å². The quantitative estimate of drug-likeness (QED) is 0.651. The van der Waals surface area contributed by atoms with E-state index in [0.717, 1.165) is 18.7 Å². The van der Waals surface area contributed by atoms with Crippen LogP contribution >= 0.6 is 0 Å². The molecule has 0 saturated heterocycles. The Morgan fingerprint density at radius 3 is 2.38 bits per heavy atom. The lowest BCUT2D eigenvalue weighted by molar-refractivity contribution is 0.118. The lowest BCUT2D eigenvalue weighted by Crippen LogP contribution is -2.24. The summed E-state index contributed by atoms with van der Waals surface area (Å²) in [6.07, 6.45) is 0.773. The van der Waals surface area contributed by atoms with Crippen LogP contribution in [0.2, 0.25) is 0 Å². The van der Waals surface area contributed by atoms with Gasteiger partial charge in [-0.15, -0.1) is 0 Å². The number of nitrogens with one attached hydrogen (secondary N) is 2. The summed E-state index contributed by atoms with van der Waals surface area (Å²) < 4.78 is 31.8. The van der Waals surface area contributed by atoms with E-state index in [1.165, 1.54) is 0 Å². The Bertz CT molecular complexity index is 498. The second-order valence-electron chi connectivity index (χ2n) is 5.32. The van der Waals surface area contributed by atoms with Crippen molar-refractivity contribution in [1.82, 2.24) is 4.72 Å². The molecule has 0 aliphatic carbocycles. The number of ether oxygens (including phenoxy) is 1. The third kappa shape index (κ3) is 6.93. The molecule has 0 atom stereocenters. The zero-order chi connectivity index (χ0) is 15.7. The molecule has 0 aliphatic rings. The maximum Gasteiger partial charge on any atom is 0.240 e. The Hall–Kier alpha value is -1.11. The molecule has 0 saturated carbocycles. The Labute approximate surface area is 128 Å². The molecule has 0 spiro atoms. The second kappa shape index (κ2) is 9.02. The molecule has 0 unspecified atom stereocenters. The van der Waals surface area contributed by atoms with Gasteiger partial charge in [0, 0.05) is 25.4 Å². The van der Waals surface area contributed by atoms with Crippen molar-refractivity contribution in [3.05, 3.63) is 24.3 Å². The first-order valence-corrected chi connectivity index (χ1v) is 8.85. The molecule has 120 valence electrons. The molecular weight excluding hydrogens is 288 g/mol. The average Bonchev–Trinajstić information content (AvgIpc) is 2.45. The van der Waals surface area contributed by atoms with Crippen molar-refractivity contribution < 1.29 is 13.2 Å². The van der Waals surface area contributed by atoms with Crippen LogP contribution in [0.15, 0.2) is 29.2 Å². The Morgan fingerprint density at radius 1 is 1.14 bits per heavy atom. The molecule has 1 aromatic rings. The molecular formula is C15H26N2O3S. The van der Waals surface area contributed by atoms with Crippen molar-refractivity contribution >= 4 is 15.7 Å². The van der Waals surface area contributed by atoms with Gasteiger partial charge in [-0.3, -0.25) is 0 Å². The molecule has 0 radical (unpaired) electrons. The molecule has 0 fully saturated rings. The first-order chi connectivity index (χ1) is 9.95. The van der Waals surface area contributed by atoms with Gasteiger partial charge in [0.05, 0.1) is 11.5 Å². The molecule has 0 aliphatic heterocycles.